The number of ether oxygens (including phenoxy) is 2. The molecule has 1 aromatic rings. The van der Waals surface area contributed by atoms with E-state index in [-0.39, 0.29) is 12.0 Å². The van der Waals surface area contributed by atoms with E-state index in [9.17, 15) is 4.79 Å². The summed E-state index contributed by atoms with van der Waals surface area (Å²) in [6.45, 7) is 3.40. The van der Waals surface area contributed by atoms with Gasteiger partial charge in [-0.25, -0.2) is 4.79 Å². The third kappa shape index (κ3) is 6.13. The Hall–Kier alpha value is -2.08. The number of carbonyl (C=O) groups is 1. The van der Waals surface area contributed by atoms with Crippen LogP contribution < -0.4 is 10.6 Å². The van der Waals surface area contributed by atoms with Gasteiger partial charge in [0.1, 0.15) is 0 Å². The lowest BCUT2D eigenvalue weighted by atomic mass is 10.1. The maximum Gasteiger partial charge on any atom is 0.337 e. The molecule has 0 spiro atoms. The van der Waals surface area contributed by atoms with Crippen molar-refractivity contribution in [3.63, 3.8) is 0 Å². The Bertz CT molecular complexity index is 486. The number of guanidine groups is 1. The minimum Gasteiger partial charge on any atom is -0.465 e. The van der Waals surface area contributed by atoms with Gasteiger partial charge in [-0.3, -0.25) is 4.99 Å². The zero-order valence-corrected chi connectivity index (χ0v) is 13.7. The van der Waals surface area contributed by atoms with Gasteiger partial charge in [0.05, 0.1) is 19.3 Å². The fraction of sp³-hybridized carbons (Fsp3) is 0.500. The maximum atomic E-state index is 11.4. The summed E-state index contributed by atoms with van der Waals surface area (Å²) in [5, 5.41) is 6.49. The van der Waals surface area contributed by atoms with Crippen LogP contribution >= 0.6 is 0 Å². The van der Waals surface area contributed by atoms with Crippen LogP contribution in [0.15, 0.2) is 29.3 Å². The van der Waals surface area contributed by atoms with Gasteiger partial charge in [0.2, 0.25) is 0 Å². The normalized spacial score (nSPS) is 12.6. The van der Waals surface area contributed by atoms with Crippen molar-refractivity contribution in [1.29, 1.82) is 0 Å². The van der Waals surface area contributed by atoms with Crippen molar-refractivity contribution in [3.05, 3.63) is 35.4 Å². The van der Waals surface area contributed by atoms with Crippen molar-refractivity contribution in [1.82, 2.24) is 10.6 Å². The van der Waals surface area contributed by atoms with Gasteiger partial charge in [-0.1, -0.05) is 12.1 Å². The molecule has 0 aliphatic carbocycles. The summed E-state index contributed by atoms with van der Waals surface area (Å²) in [5.74, 6) is 0.428. The minimum atomic E-state index is -0.318. The molecule has 0 bridgehead atoms. The van der Waals surface area contributed by atoms with Crippen LogP contribution in [0.2, 0.25) is 0 Å². The van der Waals surface area contributed by atoms with Gasteiger partial charge in [0, 0.05) is 26.7 Å². The first-order chi connectivity index (χ1) is 10.6. The van der Waals surface area contributed by atoms with Crippen LogP contribution in [0.5, 0.6) is 0 Å². The quantitative estimate of drug-likeness (QED) is 0.450. The van der Waals surface area contributed by atoms with E-state index in [2.05, 4.69) is 20.4 Å². The number of methoxy groups -OCH3 is 2. The van der Waals surface area contributed by atoms with E-state index in [1.165, 1.54) is 7.11 Å². The summed E-state index contributed by atoms with van der Waals surface area (Å²) in [7, 11) is 4.79. The van der Waals surface area contributed by atoms with E-state index < -0.39 is 0 Å². The van der Waals surface area contributed by atoms with E-state index in [0.29, 0.717) is 12.2 Å². The number of nitrogens with one attached hydrogen (secondary N) is 2. The van der Waals surface area contributed by atoms with Gasteiger partial charge < -0.3 is 20.1 Å². The molecule has 1 aromatic carbocycles. The molecule has 1 atom stereocenters. The molecule has 6 heteroatoms. The van der Waals surface area contributed by atoms with Gasteiger partial charge in [0.25, 0.3) is 0 Å². The minimum absolute atomic E-state index is 0.190. The van der Waals surface area contributed by atoms with Crippen molar-refractivity contribution in [2.45, 2.75) is 19.4 Å². The molecule has 1 rings (SSSR count). The summed E-state index contributed by atoms with van der Waals surface area (Å²) in [5.41, 5.74) is 1.70. The average molecular weight is 307 g/mol. The largest absolute Gasteiger partial charge is 0.465 e. The Labute approximate surface area is 131 Å². The summed E-state index contributed by atoms with van der Waals surface area (Å²) in [4.78, 5) is 15.5. The number of carbonyl (C=O) groups excluding carboxylic acids is 1. The van der Waals surface area contributed by atoms with Gasteiger partial charge in [-0.05, 0) is 31.0 Å². The van der Waals surface area contributed by atoms with Crippen molar-refractivity contribution in [2.75, 3.05) is 34.4 Å². The molecule has 0 saturated heterocycles. The number of aliphatic imine (C=N–C) groups is 1. The highest BCUT2D eigenvalue weighted by molar-refractivity contribution is 5.89. The number of esters is 1. The molecule has 122 valence electrons. The molecule has 0 radical (unpaired) electrons. The molecule has 2 N–H and O–H groups in total. The predicted octanol–water partition coefficient (Wildman–Crippen LogP) is 1.22. The lowest BCUT2D eigenvalue weighted by Crippen LogP contribution is -2.44. The number of hydrogen-bond acceptors (Lipinski definition) is 4. The van der Waals surface area contributed by atoms with Crippen LogP contribution in [0.4, 0.5) is 0 Å². The van der Waals surface area contributed by atoms with Crippen LogP contribution in [-0.2, 0) is 15.9 Å². The molecule has 0 amide bonds. The highest BCUT2D eigenvalue weighted by Gasteiger charge is 2.06. The Morgan fingerprint density at radius 3 is 2.50 bits per heavy atom. The number of benzene rings is 1. The highest BCUT2D eigenvalue weighted by atomic mass is 16.5. The Balaban J connectivity index is 2.41. The summed E-state index contributed by atoms with van der Waals surface area (Å²) < 4.78 is 9.75. The lowest BCUT2D eigenvalue weighted by molar-refractivity contribution is 0.0600. The van der Waals surface area contributed by atoms with E-state index >= 15 is 0 Å². The van der Waals surface area contributed by atoms with Crippen molar-refractivity contribution in [2.24, 2.45) is 4.99 Å². The SMILES string of the molecule is CN=C(NCCc1ccc(C(=O)OC)cc1)NC(C)COC. The second-order valence-corrected chi connectivity index (χ2v) is 4.94. The third-order valence-corrected chi connectivity index (χ3v) is 3.10. The Morgan fingerprint density at radius 1 is 1.27 bits per heavy atom. The van der Waals surface area contributed by atoms with Gasteiger partial charge in [-0.2, -0.15) is 0 Å². The molecule has 0 saturated carbocycles. The third-order valence-electron chi connectivity index (χ3n) is 3.10. The molecule has 0 fully saturated rings. The van der Waals surface area contributed by atoms with Gasteiger partial charge >= 0.3 is 5.97 Å². The number of rotatable bonds is 7. The maximum absolute atomic E-state index is 11.4. The monoisotopic (exact) mass is 307 g/mol. The summed E-state index contributed by atoms with van der Waals surface area (Å²) >= 11 is 0. The van der Waals surface area contributed by atoms with Crippen LogP contribution in [0.25, 0.3) is 0 Å². The topological polar surface area (TPSA) is 72.0 Å². The molecule has 22 heavy (non-hydrogen) atoms. The smallest absolute Gasteiger partial charge is 0.337 e. The van der Waals surface area contributed by atoms with Gasteiger partial charge in [0.15, 0.2) is 5.96 Å². The lowest BCUT2D eigenvalue weighted by Gasteiger charge is -2.17. The van der Waals surface area contributed by atoms with Crippen LogP contribution in [0, 0.1) is 0 Å². The van der Waals surface area contributed by atoms with Crippen LogP contribution in [0.1, 0.15) is 22.8 Å². The van der Waals surface area contributed by atoms with E-state index in [1.807, 2.05) is 19.1 Å². The molecular weight excluding hydrogens is 282 g/mol. The highest BCUT2D eigenvalue weighted by Crippen LogP contribution is 2.06. The van der Waals surface area contributed by atoms with Crippen molar-refractivity contribution in [3.8, 4) is 0 Å². The Kier molecular flexibility index (Phi) is 7.99. The molecule has 0 heterocycles. The Morgan fingerprint density at radius 2 is 1.95 bits per heavy atom. The first kappa shape index (κ1) is 18.0. The first-order valence-electron chi connectivity index (χ1n) is 7.24. The molecule has 0 aromatic heterocycles. The number of nitrogens with zero attached hydrogens (tertiary/aromatic N) is 1. The zero-order valence-electron chi connectivity index (χ0n) is 13.7. The zero-order chi connectivity index (χ0) is 16.4. The van der Waals surface area contributed by atoms with Gasteiger partial charge in [-0.15, -0.1) is 0 Å². The summed E-state index contributed by atoms with van der Waals surface area (Å²) in [6.07, 6.45) is 0.834. The standard InChI is InChI=1S/C16H25N3O3/c1-12(11-21-3)19-16(17-2)18-10-9-13-5-7-14(8-6-13)15(20)22-4/h5-8,12H,9-11H2,1-4H3,(H2,17,18,19). The fourth-order valence-electron chi connectivity index (χ4n) is 1.97. The average Bonchev–Trinajstić information content (AvgIpc) is 2.54. The second kappa shape index (κ2) is 9.78. The fourth-order valence-corrected chi connectivity index (χ4v) is 1.97. The van der Waals surface area contributed by atoms with E-state index in [0.717, 1.165) is 24.5 Å². The predicted molar refractivity (Wildman–Crippen MR) is 87.3 cm³/mol. The van der Waals surface area contributed by atoms with Crippen molar-refractivity contribution >= 4 is 11.9 Å². The van der Waals surface area contributed by atoms with E-state index in [1.54, 1.807) is 26.3 Å². The molecule has 6 nitrogen and oxygen atoms in total. The van der Waals surface area contributed by atoms with E-state index in [4.69, 9.17) is 4.74 Å². The molecule has 0 aliphatic rings. The molecule has 0 aliphatic heterocycles. The first-order valence-corrected chi connectivity index (χ1v) is 7.24. The second-order valence-electron chi connectivity index (χ2n) is 4.94. The van der Waals surface area contributed by atoms with Crippen molar-refractivity contribution < 1.29 is 14.3 Å². The molecule has 1 unspecified atom stereocenters. The number of hydrogen-bond donors (Lipinski definition) is 2. The van der Waals surface area contributed by atoms with Crippen LogP contribution in [0.3, 0.4) is 0 Å². The summed E-state index contributed by atoms with van der Waals surface area (Å²) in [6, 6.07) is 7.59. The van der Waals surface area contributed by atoms with Crippen LogP contribution in [-0.4, -0.2) is 52.4 Å². The molecular formula is C16H25N3O3.